The summed E-state index contributed by atoms with van der Waals surface area (Å²) in [5.41, 5.74) is 0.135. The highest BCUT2D eigenvalue weighted by molar-refractivity contribution is 7.99. The Hall–Kier alpha value is -2.62. The van der Waals surface area contributed by atoms with E-state index in [9.17, 15) is 14.9 Å². The van der Waals surface area contributed by atoms with Crippen LogP contribution in [0, 0.1) is 10.1 Å². The van der Waals surface area contributed by atoms with Crippen LogP contribution in [0.5, 0.6) is 5.75 Å². The Kier molecular flexibility index (Phi) is 6.34. The minimum absolute atomic E-state index is 0.105. The molecule has 1 aromatic heterocycles. The average Bonchev–Trinajstić information content (AvgIpc) is 3.01. The Labute approximate surface area is 148 Å². The summed E-state index contributed by atoms with van der Waals surface area (Å²) in [7, 11) is 1.43. The Morgan fingerprint density at radius 3 is 2.76 bits per heavy atom. The van der Waals surface area contributed by atoms with Gasteiger partial charge in [-0.15, -0.1) is 10.2 Å². The van der Waals surface area contributed by atoms with Gasteiger partial charge >= 0.3 is 0 Å². The summed E-state index contributed by atoms with van der Waals surface area (Å²) >= 11 is 1.26. The first-order chi connectivity index (χ1) is 12.0. The minimum atomic E-state index is -0.528. The summed E-state index contributed by atoms with van der Waals surface area (Å²) in [6.45, 7) is 4.70. The fraction of sp³-hybridized carbons (Fsp3) is 0.400. The molecule has 0 spiro atoms. The molecule has 0 aliphatic carbocycles. The second kappa shape index (κ2) is 8.47. The van der Waals surface area contributed by atoms with Crippen LogP contribution in [-0.2, 0) is 17.8 Å². The number of nitro groups is 1. The molecule has 0 unspecified atom stereocenters. The van der Waals surface area contributed by atoms with E-state index in [2.05, 4.69) is 15.5 Å². The molecule has 2 rings (SSSR count). The molecular formula is C15H19N5O4S. The number of hydrogen-bond donors (Lipinski definition) is 1. The molecule has 1 amide bonds. The fourth-order valence-corrected chi connectivity index (χ4v) is 3.05. The predicted molar refractivity (Wildman–Crippen MR) is 94.1 cm³/mol. The topological polar surface area (TPSA) is 112 Å². The number of ether oxygens (including phenoxy) is 1. The van der Waals surface area contributed by atoms with Crippen LogP contribution < -0.4 is 10.1 Å². The Morgan fingerprint density at radius 1 is 1.40 bits per heavy atom. The number of aromatic nitrogens is 3. The fourth-order valence-electron chi connectivity index (χ4n) is 2.23. The molecule has 1 N–H and O–H groups in total. The number of amides is 1. The maximum Gasteiger partial charge on any atom is 0.271 e. The van der Waals surface area contributed by atoms with Crippen molar-refractivity contribution in [3.63, 3.8) is 0 Å². The molecule has 1 aromatic carbocycles. The first kappa shape index (κ1) is 18.7. The molecule has 0 radical (unpaired) electrons. The van der Waals surface area contributed by atoms with Gasteiger partial charge in [0.05, 0.1) is 23.5 Å². The van der Waals surface area contributed by atoms with Crippen LogP contribution in [0.1, 0.15) is 19.7 Å². The second-order valence-corrected chi connectivity index (χ2v) is 5.92. The first-order valence-electron chi connectivity index (χ1n) is 7.67. The van der Waals surface area contributed by atoms with Crippen molar-refractivity contribution in [2.45, 2.75) is 32.0 Å². The smallest absolute Gasteiger partial charge is 0.271 e. The SMILES string of the molecule is CCc1nnc(SCC(=O)Nc2cc([N+](=O)[O-])ccc2OC)n1CC. The van der Waals surface area contributed by atoms with E-state index in [1.165, 1.54) is 37.1 Å². The van der Waals surface area contributed by atoms with E-state index in [0.717, 1.165) is 18.8 Å². The van der Waals surface area contributed by atoms with E-state index in [0.29, 0.717) is 10.9 Å². The largest absolute Gasteiger partial charge is 0.495 e. The highest BCUT2D eigenvalue weighted by Crippen LogP contribution is 2.29. The van der Waals surface area contributed by atoms with Crippen LogP contribution in [0.4, 0.5) is 11.4 Å². The number of nitrogens with zero attached hydrogens (tertiary/aromatic N) is 4. The molecule has 9 nitrogen and oxygen atoms in total. The Morgan fingerprint density at radius 2 is 2.16 bits per heavy atom. The number of benzene rings is 1. The van der Waals surface area contributed by atoms with E-state index >= 15 is 0 Å². The summed E-state index contributed by atoms with van der Waals surface area (Å²) in [5.74, 6) is 1.01. The molecule has 134 valence electrons. The quantitative estimate of drug-likeness (QED) is 0.434. The zero-order valence-electron chi connectivity index (χ0n) is 14.2. The normalized spacial score (nSPS) is 10.5. The highest BCUT2D eigenvalue weighted by Gasteiger charge is 2.15. The number of thioether (sulfide) groups is 1. The van der Waals surface area contributed by atoms with Crippen LogP contribution in [0.15, 0.2) is 23.4 Å². The molecule has 0 bridgehead atoms. The number of carbonyl (C=O) groups excluding carboxylic acids is 1. The Bertz CT molecular complexity index is 777. The summed E-state index contributed by atoms with van der Waals surface area (Å²) in [6.07, 6.45) is 0.762. The zero-order valence-corrected chi connectivity index (χ0v) is 15.0. The minimum Gasteiger partial charge on any atom is -0.495 e. The summed E-state index contributed by atoms with van der Waals surface area (Å²) in [6, 6.07) is 4.03. The van der Waals surface area contributed by atoms with E-state index < -0.39 is 4.92 Å². The molecule has 0 aliphatic heterocycles. The number of aryl methyl sites for hydroxylation is 1. The number of anilines is 1. The Balaban J connectivity index is 2.06. The van der Waals surface area contributed by atoms with Crippen LogP contribution in [-0.4, -0.2) is 38.5 Å². The number of hydrogen-bond acceptors (Lipinski definition) is 7. The van der Waals surface area contributed by atoms with Gasteiger partial charge in [-0.1, -0.05) is 18.7 Å². The van der Waals surface area contributed by atoms with E-state index in [-0.39, 0.29) is 23.0 Å². The first-order valence-corrected chi connectivity index (χ1v) is 8.65. The summed E-state index contributed by atoms with van der Waals surface area (Å²) < 4.78 is 7.08. The van der Waals surface area contributed by atoms with E-state index in [1.807, 2.05) is 18.4 Å². The van der Waals surface area contributed by atoms with Gasteiger partial charge in [0, 0.05) is 25.1 Å². The molecule has 25 heavy (non-hydrogen) atoms. The zero-order chi connectivity index (χ0) is 18.4. The van der Waals surface area contributed by atoms with Crippen molar-refractivity contribution in [3.8, 4) is 5.75 Å². The average molecular weight is 365 g/mol. The van der Waals surface area contributed by atoms with Gasteiger partial charge in [-0.2, -0.15) is 0 Å². The van der Waals surface area contributed by atoms with E-state index in [1.54, 1.807) is 0 Å². The van der Waals surface area contributed by atoms with Crippen LogP contribution in [0.25, 0.3) is 0 Å². The third-order valence-electron chi connectivity index (χ3n) is 3.43. The maximum atomic E-state index is 12.2. The monoisotopic (exact) mass is 365 g/mol. The molecule has 0 saturated heterocycles. The lowest BCUT2D eigenvalue weighted by Crippen LogP contribution is -2.15. The summed E-state index contributed by atoms with van der Waals surface area (Å²) in [5, 5.41) is 22.4. The highest BCUT2D eigenvalue weighted by atomic mass is 32.2. The van der Waals surface area contributed by atoms with Gasteiger partial charge in [-0.05, 0) is 13.0 Å². The molecule has 0 aliphatic rings. The van der Waals surface area contributed by atoms with Crippen molar-refractivity contribution in [1.29, 1.82) is 0 Å². The van der Waals surface area contributed by atoms with E-state index in [4.69, 9.17) is 4.74 Å². The number of rotatable bonds is 8. The van der Waals surface area contributed by atoms with Crippen molar-refractivity contribution < 1.29 is 14.5 Å². The number of nitrogens with one attached hydrogen (secondary N) is 1. The van der Waals surface area contributed by atoms with Crippen LogP contribution >= 0.6 is 11.8 Å². The van der Waals surface area contributed by atoms with Crippen molar-refractivity contribution >= 4 is 29.0 Å². The second-order valence-electron chi connectivity index (χ2n) is 4.98. The number of methoxy groups -OCH3 is 1. The van der Waals surface area contributed by atoms with Gasteiger partial charge in [-0.3, -0.25) is 14.9 Å². The van der Waals surface area contributed by atoms with Gasteiger partial charge in [0.2, 0.25) is 5.91 Å². The van der Waals surface area contributed by atoms with Crippen molar-refractivity contribution in [2.75, 3.05) is 18.2 Å². The van der Waals surface area contributed by atoms with Crippen LogP contribution in [0.3, 0.4) is 0 Å². The van der Waals surface area contributed by atoms with Gasteiger partial charge in [0.25, 0.3) is 5.69 Å². The molecule has 0 saturated carbocycles. The molecule has 0 atom stereocenters. The number of non-ortho nitro benzene ring substituents is 1. The third kappa shape index (κ3) is 4.47. The lowest BCUT2D eigenvalue weighted by Gasteiger charge is -2.10. The standard InChI is InChI=1S/C15H19N5O4S/c1-4-13-17-18-15(19(13)5-2)25-9-14(21)16-11-8-10(20(22)23)6-7-12(11)24-3/h6-8H,4-5,9H2,1-3H3,(H,16,21). The molecule has 1 heterocycles. The molecule has 0 fully saturated rings. The van der Waals surface area contributed by atoms with Gasteiger partial charge in [0.1, 0.15) is 11.6 Å². The van der Waals surface area contributed by atoms with Crippen LogP contribution in [0.2, 0.25) is 0 Å². The van der Waals surface area contributed by atoms with Gasteiger partial charge in [-0.25, -0.2) is 0 Å². The van der Waals surface area contributed by atoms with Crippen molar-refractivity contribution in [1.82, 2.24) is 14.8 Å². The van der Waals surface area contributed by atoms with Crippen molar-refractivity contribution in [2.24, 2.45) is 0 Å². The third-order valence-corrected chi connectivity index (χ3v) is 4.39. The molecular weight excluding hydrogens is 346 g/mol. The lowest BCUT2D eigenvalue weighted by atomic mass is 10.2. The lowest BCUT2D eigenvalue weighted by molar-refractivity contribution is -0.384. The summed E-state index contributed by atoms with van der Waals surface area (Å²) in [4.78, 5) is 22.5. The van der Waals surface area contributed by atoms with Gasteiger partial charge in [0.15, 0.2) is 5.16 Å². The van der Waals surface area contributed by atoms with Crippen molar-refractivity contribution in [3.05, 3.63) is 34.1 Å². The number of nitro benzene ring substituents is 1. The number of carbonyl (C=O) groups is 1. The maximum absolute atomic E-state index is 12.2. The molecule has 2 aromatic rings. The van der Waals surface area contributed by atoms with Gasteiger partial charge < -0.3 is 14.6 Å². The molecule has 10 heteroatoms. The predicted octanol–water partition coefficient (Wildman–Crippen LogP) is 2.51.